The van der Waals surface area contributed by atoms with Crippen LogP contribution in [-0.4, -0.2) is 23.7 Å². The largest absolute Gasteiger partial charge is 0.711 e. The zero-order valence-corrected chi connectivity index (χ0v) is 17.1. The molecule has 168 valence electrons. The first kappa shape index (κ1) is 22.7. The third-order valence-electron chi connectivity index (χ3n) is 4.61. The fourth-order valence-electron chi connectivity index (χ4n) is 3.00. The third-order valence-corrected chi connectivity index (χ3v) is 6.35. The number of rotatable bonds is 4. The summed E-state index contributed by atoms with van der Waals surface area (Å²) in [6.07, 6.45) is -4.27. The van der Waals surface area contributed by atoms with E-state index in [1.54, 1.807) is 0 Å². The zero-order valence-electron chi connectivity index (χ0n) is 16.2. The van der Waals surface area contributed by atoms with Crippen LogP contribution in [0.1, 0.15) is 25.0 Å². The van der Waals surface area contributed by atoms with Crippen molar-refractivity contribution >= 4 is 21.0 Å². The molecule has 3 rings (SSSR count). The third kappa shape index (κ3) is 3.86. The van der Waals surface area contributed by atoms with Crippen LogP contribution in [0.3, 0.4) is 0 Å². The fraction of sp³-hybridized carbons (Fsp3) is 0.353. The van der Waals surface area contributed by atoms with Crippen molar-refractivity contribution in [2.75, 3.05) is 5.75 Å². The Morgan fingerprint density at radius 3 is 2.16 bits per heavy atom. The summed E-state index contributed by atoms with van der Waals surface area (Å²) in [4.78, 5) is 2.97. The van der Waals surface area contributed by atoms with Crippen LogP contribution in [0.15, 0.2) is 29.4 Å². The van der Waals surface area contributed by atoms with Crippen molar-refractivity contribution in [1.82, 2.24) is 9.55 Å². The second-order valence-corrected chi connectivity index (χ2v) is 9.06. The monoisotopic (exact) mass is 466 g/mol. The molecule has 0 saturated carbocycles. The van der Waals surface area contributed by atoms with Gasteiger partial charge >= 0.3 is 17.5 Å². The van der Waals surface area contributed by atoms with Gasteiger partial charge in [0.15, 0.2) is 21.6 Å². The highest BCUT2D eigenvalue weighted by Crippen LogP contribution is 2.34. The predicted molar refractivity (Wildman–Crippen MR) is 96.4 cm³/mol. The maximum absolute atomic E-state index is 13.7. The minimum absolute atomic E-state index is 0.0613. The number of sulfone groups is 1. The number of hydrogen-bond acceptors (Lipinski definition) is 5. The van der Waals surface area contributed by atoms with Crippen molar-refractivity contribution in [1.29, 1.82) is 0 Å². The molecule has 0 N–H and O–H groups in total. The van der Waals surface area contributed by atoms with Crippen LogP contribution in [0.2, 0.25) is 0 Å². The molecule has 14 heteroatoms. The number of aromatic nitrogens is 4. The molecule has 3 aromatic heterocycles. The SMILES string of the molecule is CCS(=O)(=O)c1cc(C(F)(F)F)c[n+]([O-])c1-c1nc2cc(C(C)(F)F)c[n+]([O-])c2n1C. The number of imidazole rings is 1. The maximum atomic E-state index is 13.7. The standard InChI is InChI=1S/C17H15F5N4O4S/c1-4-31(29,30)12-6-10(17(20,21)22)8-25(27)13(12)14-23-11-5-9(16(2,18)19)7-26(28)15(11)24(14)3/h5-8H,4H2,1-3H3. The molecular formula is C17H15F5N4O4S. The second-order valence-electron chi connectivity index (χ2n) is 6.81. The Kier molecular flexibility index (Phi) is 5.12. The van der Waals surface area contributed by atoms with Crippen LogP contribution in [0.5, 0.6) is 0 Å². The Labute approximate surface area is 172 Å². The predicted octanol–water partition coefficient (Wildman–Crippen LogP) is 2.43. The van der Waals surface area contributed by atoms with E-state index in [9.17, 15) is 40.8 Å². The minimum Gasteiger partial charge on any atom is -0.711 e. The van der Waals surface area contributed by atoms with Gasteiger partial charge in [0, 0.05) is 6.92 Å². The lowest BCUT2D eigenvalue weighted by Crippen LogP contribution is -2.35. The Morgan fingerprint density at radius 1 is 1.06 bits per heavy atom. The molecule has 0 spiro atoms. The van der Waals surface area contributed by atoms with E-state index in [0.29, 0.717) is 19.2 Å². The van der Waals surface area contributed by atoms with Gasteiger partial charge in [0.1, 0.15) is 16.7 Å². The highest BCUT2D eigenvalue weighted by molar-refractivity contribution is 7.91. The summed E-state index contributed by atoms with van der Waals surface area (Å²) in [6.45, 7) is 1.72. The number of aryl methyl sites for hydroxylation is 1. The van der Waals surface area contributed by atoms with Gasteiger partial charge in [0.25, 0.3) is 11.7 Å². The first-order valence-corrected chi connectivity index (χ1v) is 10.3. The first-order valence-electron chi connectivity index (χ1n) is 8.63. The molecule has 8 nitrogen and oxygen atoms in total. The van der Waals surface area contributed by atoms with Crippen LogP contribution in [0, 0.1) is 10.4 Å². The van der Waals surface area contributed by atoms with Crippen molar-refractivity contribution in [3.63, 3.8) is 0 Å². The normalized spacial score (nSPS) is 13.2. The van der Waals surface area contributed by atoms with Gasteiger partial charge < -0.3 is 10.4 Å². The van der Waals surface area contributed by atoms with Gasteiger partial charge in [0.05, 0.1) is 18.4 Å². The van der Waals surface area contributed by atoms with Gasteiger partial charge in [-0.25, -0.2) is 26.5 Å². The first-order chi connectivity index (χ1) is 14.1. The molecule has 31 heavy (non-hydrogen) atoms. The molecule has 0 atom stereocenters. The van der Waals surface area contributed by atoms with Crippen molar-refractivity contribution < 1.29 is 39.8 Å². The van der Waals surface area contributed by atoms with E-state index in [1.807, 2.05) is 0 Å². The Bertz CT molecular complexity index is 1300. The topological polar surface area (TPSA) is 106 Å². The molecule has 0 aromatic carbocycles. The zero-order chi connectivity index (χ0) is 23.5. The molecule has 0 saturated heterocycles. The van der Waals surface area contributed by atoms with Crippen molar-refractivity contribution in [3.05, 3.63) is 46.1 Å². The minimum atomic E-state index is -5.01. The van der Waals surface area contributed by atoms with E-state index in [4.69, 9.17) is 0 Å². The molecular weight excluding hydrogens is 451 g/mol. The van der Waals surface area contributed by atoms with Crippen molar-refractivity contribution in [2.45, 2.75) is 30.8 Å². The molecule has 0 aliphatic rings. The van der Waals surface area contributed by atoms with E-state index < -0.39 is 55.2 Å². The molecule has 0 unspecified atom stereocenters. The van der Waals surface area contributed by atoms with Crippen molar-refractivity contribution in [3.8, 4) is 11.5 Å². The van der Waals surface area contributed by atoms with Gasteiger partial charge in [-0.15, -0.1) is 0 Å². The van der Waals surface area contributed by atoms with Gasteiger partial charge in [-0.1, -0.05) is 6.92 Å². The summed E-state index contributed by atoms with van der Waals surface area (Å²) in [6, 6.07) is 1.18. The van der Waals surface area contributed by atoms with E-state index in [0.717, 1.165) is 10.6 Å². The summed E-state index contributed by atoms with van der Waals surface area (Å²) in [5, 5.41) is 24.8. The Hall–Kier alpha value is -3.03. The lowest BCUT2D eigenvalue weighted by Gasteiger charge is -2.13. The van der Waals surface area contributed by atoms with Crippen LogP contribution in [0.25, 0.3) is 22.7 Å². The quantitative estimate of drug-likeness (QED) is 0.334. The number of alkyl halides is 5. The van der Waals surface area contributed by atoms with Crippen molar-refractivity contribution in [2.24, 2.45) is 7.05 Å². The molecule has 3 heterocycles. The van der Waals surface area contributed by atoms with E-state index in [1.165, 1.54) is 14.0 Å². The van der Waals surface area contributed by atoms with Crippen LogP contribution in [-0.2, 0) is 29.0 Å². The molecule has 0 aliphatic heterocycles. The van der Waals surface area contributed by atoms with Crippen LogP contribution in [0.4, 0.5) is 22.0 Å². The summed E-state index contributed by atoms with van der Waals surface area (Å²) in [7, 11) is -3.16. The summed E-state index contributed by atoms with van der Waals surface area (Å²) >= 11 is 0. The lowest BCUT2D eigenvalue weighted by molar-refractivity contribution is -0.597. The van der Waals surface area contributed by atoms with Crippen LogP contribution < -0.4 is 9.46 Å². The summed E-state index contributed by atoms with van der Waals surface area (Å²) in [5.74, 6) is -4.51. The van der Waals surface area contributed by atoms with Gasteiger partial charge in [-0.05, 0) is 12.1 Å². The number of hydrogen-bond donors (Lipinski definition) is 0. The molecule has 0 fully saturated rings. The number of fused-ring (bicyclic) bond motifs is 1. The number of pyridine rings is 2. The highest BCUT2D eigenvalue weighted by Gasteiger charge is 2.40. The fourth-order valence-corrected chi connectivity index (χ4v) is 4.09. The van der Waals surface area contributed by atoms with E-state index >= 15 is 0 Å². The average Bonchev–Trinajstić information content (AvgIpc) is 2.96. The number of halogens is 5. The highest BCUT2D eigenvalue weighted by atomic mass is 32.2. The molecule has 0 amide bonds. The van der Waals surface area contributed by atoms with Gasteiger partial charge in [-0.3, -0.25) is 0 Å². The van der Waals surface area contributed by atoms with Gasteiger partial charge in [0.2, 0.25) is 0 Å². The average molecular weight is 466 g/mol. The molecule has 3 aromatic rings. The Morgan fingerprint density at radius 2 is 1.65 bits per heavy atom. The Balaban J connectivity index is 2.42. The second kappa shape index (κ2) is 7.00. The van der Waals surface area contributed by atoms with Gasteiger partial charge in [-0.2, -0.15) is 22.9 Å². The maximum Gasteiger partial charge on any atom is 0.422 e. The summed E-state index contributed by atoms with van der Waals surface area (Å²) in [5.41, 5.74) is -3.56. The van der Waals surface area contributed by atoms with E-state index in [2.05, 4.69) is 4.98 Å². The summed E-state index contributed by atoms with van der Waals surface area (Å²) < 4.78 is 92.4. The molecule has 0 radical (unpaired) electrons. The lowest BCUT2D eigenvalue weighted by atomic mass is 10.2. The van der Waals surface area contributed by atoms with Crippen LogP contribution >= 0.6 is 0 Å². The van der Waals surface area contributed by atoms with E-state index in [-0.39, 0.29) is 26.8 Å². The number of nitrogens with zero attached hydrogens (tertiary/aromatic N) is 4. The molecule has 0 bridgehead atoms. The molecule has 0 aliphatic carbocycles. The smallest absolute Gasteiger partial charge is 0.422 e.